The number of hydrogen-bond donors (Lipinski definition) is 1. The monoisotopic (exact) mass is 335 g/mol. The van der Waals surface area contributed by atoms with E-state index in [1.165, 1.54) is 0 Å². The fourth-order valence-electron chi connectivity index (χ4n) is 2.33. The third kappa shape index (κ3) is 3.86. The minimum absolute atomic E-state index is 0.393. The second kappa shape index (κ2) is 6.77. The summed E-state index contributed by atoms with van der Waals surface area (Å²) in [5.74, 6) is 0. The number of carbonyl (C=O) groups excluding carboxylic acids is 1. The van der Waals surface area contributed by atoms with Gasteiger partial charge in [-0.1, -0.05) is 29.8 Å². The molecule has 0 unspecified atom stereocenters. The van der Waals surface area contributed by atoms with E-state index in [0.29, 0.717) is 17.1 Å². The molecule has 124 valence electrons. The molecule has 0 spiro atoms. The van der Waals surface area contributed by atoms with Crippen molar-refractivity contribution >= 4 is 31.1 Å². The molecule has 1 heterocycles. The van der Waals surface area contributed by atoms with Crippen LogP contribution in [0.1, 0.15) is 43.6 Å². The summed E-state index contributed by atoms with van der Waals surface area (Å²) in [4.78, 5) is 10.8. The van der Waals surface area contributed by atoms with Crippen LogP contribution in [0.5, 0.6) is 0 Å². The van der Waals surface area contributed by atoms with Gasteiger partial charge in [0.05, 0.1) is 11.2 Å². The summed E-state index contributed by atoms with van der Waals surface area (Å²) < 4.78 is 12.2. The molecule has 0 aliphatic carbocycles. The molecule has 4 nitrogen and oxygen atoms in total. The molecule has 1 aliphatic heterocycles. The van der Waals surface area contributed by atoms with Crippen LogP contribution in [0.15, 0.2) is 23.7 Å². The zero-order valence-corrected chi connectivity index (χ0v) is 15.0. The fraction of sp³-hybridized carbons (Fsp3) is 0.471. The number of halogens is 1. The van der Waals surface area contributed by atoms with Gasteiger partial charge in [-0.3, -0.25) is 4.79 Å². The summed E-state index contributed by atoms with van der Waals surface area (Å²) in [6, 6.07) is 5.22. The Balaban J connectivity index is 2.34. The molecule has 0 aromatic heterocycles. The van der Waals surface area contributed by atoms with Gasteiger partial charge in [0.1, 0.15) is 6.29 Å². The Kier molecular flexibility index (Phi) is 5.36. The average Bonchev–Trinajstić information content (AvgIpc) is 2.68. The predicted molar refractivity (Wildman–Crippen MR) is 94.8 cm³/mol. The van der Waals surface area contributed by atoms with Crippen molar-refractivity contribution < 1.29 is 14.1 Å². The van der Waals surface area contributed by atoms with Gasteiger partial charge >= 0.3 is 7.12 Å². The summed E-state index contributed by atoms with van der Waals surface area (Å²) in [6.45, 7) is 8.71. The first-order valence-electron chi connectivity index (χ1n) is 7.65. The van der Waals surface area contributed by atoms with Gasteiger partial charge in [-0.25, -0.2) is 0 Å². The van der Waals surface area contributed by atoms with Crippen LogP contribution in [-0.4, -0.2) is 38.2 Å². The third-order valence-corrected chi connectivity index (χ3v) is 4.77. The Hall–Kier alpha value is -1.14. The molecule has 23 heavy (non-hydrogen) atoms. The summed E-state index contributed by atoms with van der Waals surface area (Å²) >= 11 is 6.27. The van der Waals surface area contributed by atoms with E-state index < -0.39 is 18.3 Å². The van der Waals surface area contributed by atoms with Crippen molar-refractivity contribution in [2.45, 2.75) is 38.9 Å². The highest BCUT2D eigenvalue weighted by atomic mass is 35.5. The Morgan fingerprint density at radius 3 is 2.35 bits per heavy atom. The van der Waals surface area contributed by atoms with Crippen LogP contribution in [-0.2, 0) is 9.31 Å². The number of rotatable bonds is 5. The summed E-state index contributed by atoms with van der Waals surface area (Å²) in [7, 11) is 1.44. The second-order valence-corrected chi connectivity index (χ2v) is 7.14. The lowest BCUT2D eigenvalue weighted by atomic mass is 9.77. The van der Waals surface area contributed by atoms with Crippen LogP contribution in [0.3, 0.4) is 0 Å². The topological polar surface area (TPSA) is 47.6 Å². The van der Waals surface area contributed by atoms with Crippen molar-refractivity contribution in [3.8, 4) is 0 Å². The minimum atomic E-state index is -0.436. The van der Waals surface area contributed by atoms with Crippen LogP contribution in [0, 0.1) is 0 Å². The SMILES string of the molecule is CNCC(=Cc1ccc(C=O)cc1Cl)B1OC(C)(C)C(C)(C)O1. The van der Waals surface area contributed by atoms with Crippen LogP contribution in [0.4, 0.5) is 0 Å². The molecule has 6 heteroatoms. The lowest BCUT2D eigenvalue weighted by Crippen LogP contribution is -2.41. The van der Waals surface area contributed by atoms with E-state index >= 15 is 0 Å². The number of likely N-dealkylation sites (N-methyl/N-ethyl adjacent to an activating group) is 1. The molecule has 0 saturated carbocycles. The maximum atomic E-state index is 10.8. The van der Waals surface area contributed by atoms with E-state index in [-0.39, 0.29) is 0 Å². The van der Waals surface area contributed by atoms with Crippen LogP contribution >= 0.6 is 11.6 Å². The Bertz CT molecular complexity index is 612. The van der Waals surface area contributed by atoms with Crippen molar-refractivity contribution in [3.63, 3.8) is 0 Å². The highest BCUT2D eigenvalue weighted by molar-refractivity contribution is 6.56. The molecule has 1 saturated heterocycles. The van der Waals surface area contributed by atoms with Gasteiger partial charge in [-0.15, -0.1) is 0 Å². The molecular formula is C17H23BClNO3. The number of aldehydes is 1. The highest BCUT2D eigenvalue weighted by Gasteiger charge is 2.52. The zero-order valence-electron chi connectivity index (χ0n) is 14.3. The van der Waals surface area contributed by atoms with E-state index in [1.807, 2.05) is 46.9 Å². The number of hydrogen-bond acceptors (Lipinski definition) is 4. The summed E-state index contributed by atoms with van der Waals surface area (Å²) in [5.41, 5.74) is 1.55. The van der Waals surface area contributed by atoms with E-state index in [2.05, 4.69) is 5.32 Å². The Morgan fingerprint density at radius 1 is 1.26 bits per heavy atom. The van der Waals surface area contributed by atoms with Gasteiger partial charge in [-0.2, -0.15) is 0 Å². The van der Waals surface area contributed by atoms with Crippen LogP contribution in [0.2, 0.25) is 5.02 Å². The first-order valence-corrected chi connectivity index (χ1v) is 8.03. The quantitative estimate of drug-likeness (QED) is 0.662. The lowest BCUT2D eigenvalue weighted by molar-refractivity contribution is 0.00578. The van der Waals surface area contributed by atoms with E-state index in [9.17, 15) is 4.79 Å². The van der Waals surface area contributed by atoms with Gasteiger partial charge in [0.15, 0.2) is 0 Å². The maximum absolute atomic E-state index is 10.8. The fourth-order valence-corrected chi connectivity index (χ4v) is 2.58. The number of benzene rings is 1. The smallest absolute Gasteiger partial charge is 0.400 e. The molecule has 1 aromatic rings. The predicted octanol–water partition coefficient (Wildman–Crippen LogP) is 3.39. The molecule has 1 N–H and O–H groups in total. The van der Waals surface area contributed by atoms with Gasteiger partial charge in [0.2, 0.25) is 0 Å². The largest absolute Gasteiger partial charge is 0.491 e. The van der Waals surface area contributed by atoms with Crippen LogP contribution < -0.4 is 5.32 Å². The second-order valence-electron chi connectivity index (χ2n) is 6.74. The molecule has 0 radical (unpaired) electrons. The number of nitrogens with one attached hydrogen (secondary N) is 1. The maximum Gasteiger partial charge on any atom is 0.491 e. The Labute approximate surface area is 143 Å². The third-order valence-electron chi connectivity index (χ3n) is 4.44. The molecule has 1 aliphatic rings. The van der Waals surface area contributed by atoms with Crippen molar-refractivity contribution in [2.24, 2.45) is 0 Å². The summed E-state index contributed by atoms with van der Waals surface area (Å²) in [5, 5.41) is 3.66. The van der Waals surface area contributed by atoms with E-state index in [0.717, 1.165) is 17.3 Å². The van der Waals surface area contributed by atoms with Crippen molar-refractivity contribution in [1.82, 2.24) is 5.32 Å². The lowest BCUT2D eigenvalue weighted by Gasteiger charge is -2.32. The Morgan fingerprint density at radius 2 is 1.87 bits per heavy atom. The minimum Gasteiger partial charge on any atom is -0.400 e. The van der Waals surface area contributed by atoms with E-state index in [4.69, 9.17) is 20.9 Å². The van der Waals surface area contributed by atoms with Gasteiger partial charge in [0, 0.05) is 17.1 Å². The first kappa shape index (κ1) is 18.2. The summed E-state index contributed by atoms with van der Waals surface area (Å²) in [6.07, 6.45) is 2.73. The molecule has 0 atom stereocenters. The van der Waals surface area contributed by atoms with Gasteiger partial charge in [0.25, 0.3) is 0 Å². The normalized spacial score (nSPS) is 19.9. The standard InChI is InChI=1S/C17H23BClNO3/c1-16(2)17(3,4)23-18(22-16)14(10-20-5)9-13-7-6-12(11-21)8-15(13)19/h6-9,11,20H,10H2,1-5H3. The van der Waals surface area contributed by atoms with Crippen molar-refractivity contribution in [1.29, 1.82) is 0 Å². The molecule has 1 fully saturated rings. The van der Waals surface area contributed by atoms with Crippen molar-refractivity contribution in [2.75, 3.05) is 13.6 Å². The highest BCUT2D eigenvalue weighted by Crippen LogP contribution is 2.39. The van der Waals surface area contributed by atoms with Crippen molar-refractivity contribution in [3.05, 3.63) is 39.8 Å². The molecule has 0 bridgehead atoms. The van der Waals surface area contributed by atoms with Crippen LogP contribution in [0.25, 0.3) is 6.08 Å². The van der Waals surface area contributed by atoms with Gasteiger partial charge in [-0.05, 0) is 51.8 Å². The number of carbonyl (C=O) groups is 1. The molecule has 0 amide bonds. The van der Waals surface area contributed by atoms with Gasteiger partial charge < -0.3 is 14.6 Å². The molecular weight excluding hydrogens is 312 g/mol. The average molecular weight is 336 g/mol. The zero-order chi connectivity index (χ0) is 17.3. The van der Waals surface area contributed by atoms with E-state index in [1.54, 1.807) is 12.1 Å². The molecule has 1 aromatic carbocycles. The molecule has 2 rings (SSSR count). The first-order chi connectivity index (χ1) is 10.7.